The smallest absolute Gasteiger partial charge is 0.00866 e. The lowest BCUT2D eigenvalue weighted by Gasteiger charge is -2.30. The minimum absolute atomic E-state index is 0.764. The van der Waals surface area contributed by atoms with Crippen LogP contribution in [0.15, 0.2) is 47.6 Å². The van der Waals surface area contributed by atoms with Crippen molar-refractivity contribution in [3.05, 3.63) is 54.0 Å². The second kappa shape index (κ2) is 2.73. The van der Waals surface area contributed by atoms with Crippen molar-refractivity contribution in [2.45, 2.75) is 12.8 Å². The van der Waals surface area contributed by atoms with Gasteiger partial charge in [-0.15, -0.1) is 0 Å². The van der Waals surface area contributed by atoms with E-state index in [1.54, 1.807) is 11.1 Å². The molecule has 3 rings (SSSR count). The highest BCUT2D eigenvalue weighted by molar-refractivity contribution is 5.45. The third-order valence-electron chi connectivity index (χ3n) is 3.30. The molecule has 1 radical (unpaired) electrons. The molecule has 0 aromatic rings. The van der Waals surface area contributed by atoms with Gasteiger partial charge in [0.15, 0.2) is 0 Å². The van der Waals surface area contributed by atoms with Crippen molar-refractivity contribution in [3.63, 3.8) is 0 Å². The summed E-state index contributed by atoms with van der Waals surface area (Å²) in [4.78, 5) is 0. The van der Waals surface area contributed by atoms with Crippen molar-refractivity contribution in [2.24, 2.45) is 11.8 Å². The molecule has 0 N–H and O–H groups in total. The molecule has 65 valence electrons. The topological polar surface area (TPSA) is 0 Å². The van der Waals surface area contributed by atoms with Crippen LogP contribution in [0.2, 0.25) is 0 Å². The summed E-state index contributed by atoms with van der Waals surface area (Å²) < 4.78 is 0. The molecule has 0 spiro atoms. The molecule has 13 heavy (non-hydrogen) atoms. The number of fused-ring (bicyclic) bond motifs is 1. The van der Waals surface area contributed by atoms with E-state index in [0.29, 0.717) is 0 Å². The molecule has 0 nitrogen and oxygen atoms in total. The predicted octanol–water partition coefficient (Wildman–Crippen LogP) is 3.21. The van der Waals surface area contributed by atoms with Crippen LogP contribution in [0, 0.1) is 18.3 Å². The molecule has 0 bridgehead atoms. The summed E-state index contributed by atoms with van der Waals surface area (Å²) in [5.41, 5.74) is 3.14. The van der Waals surface area contributed by atoms with Gasteiger partial charge in [-0.05, 0) is 30.3 Å². The van der Waals surface area contributed by atoms with Gasteiger partial charge in [-0.3, -0.25) is 0 Å². The lowest BCUT2D eigenvalue weighted by Crippen LogP contribution is -2.18. The lowest BCUT2D eigenvalue weighted by atomic mass is 9.75. The van der Waals surface area contributed by atoms with Gasteiger partial charge >= 0.3 is 0 Å². The fraction of sp³-hybridized carbons (Fsp3) is 0.308. The second-order valence-corrected chi connectivity index (χ2v) is 4.08. The van der Waals surface area contributed by atoms with Crippen molar-refractivity contribution >= 4 is 0 Å². The van der Waals surface area contributed by atoms with Crippen molar-refractivity contribution in [1.29, 1.82) is 0 Å². The van der Waals surface area contributed by atoms with E-state index in [2.05, 4.69) is 42.9 Å². The summed E-state index contributed by atoms with van der Waals surface area (Å²) in [5.74, 6) is 1.53. The van der Waals surface area contributed by atoms with Crippen LogP contribution in [0.4, 0.5) is 0 Å². The Hall–Kier alpha value is -1.04. The average Bonchev–Trinajstić information content (AvgIpc) is 2.61. The van der Waals surface area contributed by atoms with Gasteiger partial charge in [-0.1, -0.05) is 42.0 Å². The summed E-state index contributed by atoms with van der Waals surface area (Å²) in [6.45, 7) is 0. The van der Waals surface area contributed by atoms with Crippen LogP contribution in [0.3, 0.4) is 0 Å². The van der Waals surface area contributed by atoms with E-state index in [0.717, 1.165) is 11.8 Å². The first-order chi connectivity index (χ1) is 6.43. The molecule has 0 amide bonds. The first kappa shape index (κ1) is 7.37. The zero-order valence-corrected chi connectivity index (χ0v) is 7.61. The van der Waals surface area contributed by atoms with Crippen LogP contribution in [-0.4, -0.2) is 0 Å². The molecule has 0 aromatic carbocycles. The molecule has 3 aliphatic rings. The number of hydrogen-bond acceptors (Lipinski definition) is 0. The van der Waals surface area contributed by atoms with E-state index in [-0.39, 0.29) is 0 Å². The highest BCUT2D eigenvalue weighted by atomic mass is 14.3. The minimum atomic E-state index is 0.764. The molecule has 0 saturated carbocycles. The van der Waals surface area contributed by atoms with E-state index in [9.17, 15) is 0 Å². The van der Waals surface area contributed by atoms with Crippen LogP contribution in [0.1, 0.15) is 12.8 Å². The van der Waals surface area contributed by atoms with Gasteiger partial charge in [0.05, 0.1) is 0 Å². The van der Waals surface area contributed by atoms with Crippen LogP contribution < -0.4 is 0 Å². The summed E-state index contributed by atoms with van der Waals surface area (Å²) in [7, 11) is 0. The third kappa shape index (κ3) is 1.13. The Labute approximate surface area is 79.3 Å². The van der Waals surface area contributed by atoms with E-state index < -0.39 is 0 Å². The Balaban J connectivity index is 1.93. The maximum atomic E-state index is 2.36. The standard InChI is InChI=1S/C13H13/c1-2-5-11-9-13-7-3-6-12(13)8-10(11)4-1/h1-7,10-11H,8-9H2. The Morgan fingerprint density at radius 2 is 1.54 bits per heavy atom. The summed E-state index contributed by atoms with van der Waals surface area (Å²) in [5, 5.41) is 0. The van der Waals surface area contributed by atoms with E-state index in [1.807, 2.05) is 0 Å². The van der Waals surface area contributed by atoms with Crippen molar-refractivity contribution in [3.8, 4) is 0 Å². The fourth-order valence-corrected chi connectivity index (χ4v) is 2.54. The number of rotatable bonds is 0. The number of allylic oxidation sites excluding steroid dienone is 8. The fourth-order valence-electron chi connectivity index (χ4n) is 2.54. The largest absolute Gasteiger partial charge is 0.0805 e. The Kier molecular flexibility index (Phi) is 1.55. The molecule has 0 fully saturated rings. The maximum absolute atomic E-state index is 2.36. The molecule has 3 aliphatic carbocycles. The summed E-state index contributed by atoms with van der Waals surface area (Å²) >= 11 is 0. The van der Waals surface area contributed by atoms with E-state index in [4.69, 9.17) is 0 Å². The van der Waals surface area contributed by atoms with Crippen molar-refractivity contribution in [1.82, 2.24) is 0 Å². The highest BCUT2D eigenvalue weighted by Gasteiger charge is 2.27. The molecule has 2 atom stereocenters. The lowest BCUT2D eigenvalue weighted by molar-refractivity contribution is 0.443. The van der Waals surface area contributed by atoms with Crippen LogP contribution in [-0.2, 0) is 0 Å². The molecule has 0 aromatic heterocycles. The van der Waals surface area contributed by atoms with E-state index >= 15 is 0 Å². The van der Waals surface area contributed by atoms with Crippen molar-refractivity contribution in [2.75, 3.05) is 0 Å². The maximum Gasteiger partial charge on any atom is 0.00866 e. The van der Waals surface area contributed by atoms with Gasteiger partial charge < -0.3 is 0 Å². The zero-order chi connectivity index (χ0) is 8.67. The monoisotopic (exact) mass is 169 g/mol. The van der Waals surface area contributed by atoms with E-state index in [1.165, 1.54) is 12.8 Å². The van der Waals surface area contributed by atoms with Gasteiger partial charge in [0.25, 0.3) is 0 Å². The normalized spacial score (nSPS) is 35.1. The molecule has 0 aliphatic heterocycles. The van der Waals surface area contributed by atoms with Crippen LogP contribution in [0.25, 0.3) is 0 Å². The van der Waals surface area contributed by atoms with Crippen LogP contribution >= 0.6 is 0 Å². The predicted molar refractivity (Wildman–Crippen MR) is 55.0 cm³/mol. The Morgan fingerprint density at radius 3 is 2.31 bits per heavy atom. The zero-order valence-electron chi connectivity index (χ0n) is 7.61. The first-order valence-electron chi connectivity index (χ1n) is 5.02. The van der Waals surface area contributed by atoms with Gasteiger partial charge in [-0.2, -0.15) is 0 Å². The van der Waals surface area contributed by atoms with Gasteiger partial charge in [0.1, 0.15) is 0 Å². The molecule has 0 saturated heterocycles. The third-order valence-corrected chi connectivity index (χ3v) is 3.30. The molecule has 0 heterocycles. The quantitative estimate of drug-likeness (QED) is 0.522. The van der Waals surface area contributed by atoms with Gasteiger partial charge in [0, 0.05) is 6.42 Å². The Morgan fingerprint density at radius 1 is 0.846 bits per heavy atom. The summed E-state index contributed by atoms with van der Waals surface area (Å²) in [6.07, 6.45) is 18.3. The highest BCUT2D eigenvalue weighted by Crippen LogP contribution is 2.41. The molecular formula is C13H13. The summed E-state index contributed by atoms with van der Waals surface area (Å²) in [6, 6.07) is 0. The SMILES string of the molecule is [CH]1C=CC2=C1CC1C=CC=CC1C2. The molecule has 2 unspecified atom stereocenters. The van der Waals surface area contributed by atoms with Crippen molar-refractivity contribution < 1.29 is 0 Å². The average molecular weight is 169 g/mol. The first-order valence-corrected chi connectivity index (χ1v) is 5.02. The molecular weight excluding hydrogens is 156 g/mol. The second-order valence-electron chi connectivity index (χ2n) is 4.08. The number of hydrogen-bond donors (Lipinski definition) is 0. The minimum Gasteiger partial charge on any atom is -0.0805 e. The van der Waals surface area contributed by atoms with Gasteiger partial charge in [-0.25, -0.2) is 0 Å². The van der Waals surface area contributed by atoms with Gasteiger partial charge in [0.2, 0.25) is 0 Å². The van der Waals surface area contributed by atoms with Crippen LogP contribution in [0.5, 0.6) is 0 Å². The molecule has 0 heteroatoms. The Bertz CT molecular complexity index is 339.